The fourth-order valence-corrected chi connectivity index (χ4v) is 1.08. The molecule has 0 aromatic carbocycles. The highest BCUT2D eigenvalue weighted by molar-refractivity contribution is 6.46. The molecule has 0 heterocycles. The maximum atomic E-state index is 8.93. The standard InChI is InChI=1S/C5H11Cl2NO.ClH/c1-3-8(4-2)5(6,7)9;/h9H,3-4H2,1-2H3;1H. The number of aliphatic hydroxyl groups is 1. The van der Waals surface area contributed by atoms with E-state index in [0.717, 1.165) is 0 Å². The van der Waals surface area contributed by atoms with Gasteiger partial charge < -0.3 is 5.11 Å². The summed E-state index contributed by atoms with van der Waals surface area (Å²) in [7, 11) is 0. The third-order valence-corrected chi connectivity index (χ3v) is 1.62. The molecule has 0 fully saturated rings. The molecule has 0 saturated carbocycles. The van der Waals surface area contributed by atoms with Crippen molar-refractivity contribution in [2.75, 3.05) is 13.1 Å². The molecule has 0 bridgehead atoms. The van der Waals surface area contributed by atoms with Crippen LogP contribution < -0.4 is 0 Å². The predicted molar refractivity (Wildman–Crippen MR) is 46.8 cm³/mol. The predicted octanol–water partition coefficient (Wildman–Crippen LogP) is 1.83. The average molecular weight is 209 g/mol. The number of halogens is 3. The van der Waals surface area contributed by atoms with Crippen molar-refractivity contribution >= 4 is 35.6 Å². The molecule has 1 N–H and O–H groups in total. The summed E-state index contributed by atoms with van der Waals surface area (Å²) in [4.78, 5) is 1.52. The van der Waals surface area contributed by atoms with Crippen LogP contribution in [0.2, 0.25) is 0 Å². The monoisotopic (exact) mass is 207 g/mol. The number of hydrogen-bond acceptors (Lipinski definition) is 2. The zero-order valence-corrected chi connectivity index (χ0v) is 8.30. The third kappa shape index (κ3) is 4.58. The highest BCUT2D eigenvalue weighted by atomic mass is 35.5. The van der Waals surface area contributed by atoms with Gasteiger partial charge in [0.15, 0.2) is 0 Å². The molecule has 10 heavy (non-hydrogen) atoms. The summed E-state index contributed by atoms with van der Waals surface area (Å²) in [5.74, 6) is 0. The molecule has 0 aliphatic carbocycles. The summed E-state index contributed by atoms with van der Waals surface area (Å²) in [6.45, 7) is 5.03. The Hall–Kier alpha value is 0.790. The Bertz CT molecular complexity index is 79.5. The number of alkyl halides is 2. The molecule has 0 atom stereocenters. The van der Waals surface area contributed by atoms with Gasteiger partial charge in [-0.15, -0.1) is 12.4 Å². The van der Waals surface area contributed by atoms with Crippen LogP contribution in [0.1, 0.15) is 13.8 Å². The smallest absolute Gasteiger partial charge is 0.276 e. The van der Waals surface area contributed by atoms with Crippen LogP contribution in [-0.2, 0) is 0 Å². The highest BCUT2D eigenvalue weighted by Crippen LogP contribution is 2.20. The first-order valence-corrected chi connectivity index (χ1v) is 3.63. The normalized spacial score (nSPS) is 11.4. The Kier molecular flexibility index (Phi) is 7.28. The van der Waals surface area contributed by atoms with Gasteiger partial charge in [-0.1, -0.05) is 37.0 Å². The molecule has 0 amide bonds. The van der Waals surface area contributed by atoms with Gasteiger partial charge in [0.2, 0.25) is 0 Å². The van der Waals surface area contributed by atoms with Gasteiger partial charge in [-0.2, -0.15) is 0 Å². The van der Waals surface area contributed by atoms with E-state index in [0.29, 0.717) is 13.1 Å². The minimum atomic E-state index is -1.70. The Morgan fingerprint density at radius 2 is 1.60 bits per heavy atom. The van der Waals surface area contributed by atoms with Gasteiger partial charge >= 0.3 is 0 Å². The first kappa shape index (κ1) is 13.4. The zero-order chi connectivity index (χ0) is 7.49. The van der Waals surface area contributed by atoms with Gasteiger partial charge in [0, 0.05) is 13.1 Å². The van der Waals surface area contributed by atoms with E-state index in [9.17, 15) is 0 Å². The zero-order valence-electron chi connectivity index (χ0n) is 5.97. The lowest BCUT2D eigenvalue weighted by molar-refractivity contribution is 0.0407. The lowest BCUT2D eigenvalue weighted by atomic mass is 10.6. The molecular weight excluding hydrogens is 196 g/mol. The van der Waals surface area contributed by atoms with Crippen molar-refractivity contribution in [2.45, 2.75) is 18.5 Å². The van der Waals surface area contributed by atoms with E-state index in [2.05, 4.69) is 0 Å². The number of rotatable bonds is 3. The van der Waals surface area contributed by atoms with Gasteiger partial charge in [-0.3, -0.25) is 0 Å². The highest BCUT2D eigenvalue weighted by Gasteiger charge is 2.25. The van der Waals surface area contributed by atoms with Crippen LogP contribution in [0.4, 0.5) is 0 Å². The van der Waals surface area contributed by atoms with Crippen molar-refractivity contribution in [3.63, 3.8) is 0 Å². The van der Waals surface area contributed by atoms with E-state index < -0.39 is 4.64 Å². The molecule has 0 spiro atoms. The molecule has 0 saturated heterocycles. The minimum absolute atomic E-state index is 0. The van der Waals surface area contributed by atoms with Crippen LogP contribution in [-0.4, -0.2) is 27.7 Å². The van der Waals surface area contributed by atoms with Crippen LogP contribution in [0.3, 0.4) is 0 Å². The van der Waals surface area contributed by atoms with Crippen LogP contribution in [0.25, 0.3) is 0 Å². The van der Waals surface area contributed by atoms with Gasteiger partial charge in [-0.05, 0) is 0 Å². The first-order valence-electron chi connectivity index (χ1n) is 2.87. The molecule has 0 aliphatic heterocycles. The van der Waals surface area contributed by atoms with Crippen molar-refractivity contribution < 1.29 is 5.11 Å². The summed E-state index contributed by atoms with van der Waals surface area (Å²) in [5, 5.41) is 8.93. The molecule has 0 rings (SSSR count). The molecule has 2 nitrogen and oxygen atoms in total. The molecule has 0 radical (unpaired) electrons. The maximum absolute atomic E-state index is 8.93. The fourth-order valence-electron chi connectivity index (χ4n) is 0.604. The van der Waals surface area contributed by atoms with Gasteiger partial charge in [0.1, 0.15) is 0 Å². The molecule has 64 valence electrons. The second-order valence-electron chi connectivity index (χ2n) is 1.68. The van der Waals surface area contributed by atoms with Crippen molar-refractivity contribution in [3.05, 3.63) is 0 Å². The Balaban J connectivity index is 0. The first-order chi connectivity index (χ1) is 4.02. The largest absolute Gasteiger partial charge is 0.350 e. The lowest BCUT2D eigenvalue weighted by Gasteiger charge is -2.26. The Labute approximate surface area is 77.5 Å². The second kappa shape index (κ2) is 5.44. The minimum Gasteiger partial charge on any atom is -0.350 e. The average Bonchev–Trinajstić information content (AvgIpc) is 1.65. The summed E-state index contributed by atoms with van der Waals surface area (Å²) < 4.78 is -1.70. The van der Waals surface area contributed by atoms with E-state index in [1.54, 1.807) is 0 Å². The molecule has 5 heteroatoms. The van der Waals surface area contributed by atoms with Gasteiger partial charge in [0.25, 0.3) is 4.64 Å². The SMILES string of the molecule is CCN(CC)C(O)(Cl)Cl.Cl. The van der Waals surface area contributed by atoms with E-state index in [-0.39, 0.29) is 12.4 Å². The van der Waals surface area contributed by atoms with Crippen LogP contribution in [0.15, 0.2) is 0 Å². The number of nitrogens with zero attached hydrogens (tertiary/aromatic N) is 1. The molecule has 0 aromatic heterocycles. The Morgan fingerprint density at radius 3 is 1.60 bits per heavy atom. The lowest BCUT2D eigenvalue weighted by Crippen LogP contribution is -2.38. The van der Waals surface area contributed by atoms with E-state index in [1.807, 2.05) is 13.8 Å². The maximum Gasteiger partial charge on any atom is 0.276 e. The second-order valence-corrected chi connectivity index (χ2v) is 2.93. The quantitative estimate of drug-likeness (QED) is 0.435. The number of hydrogen-bond donors (Lipinski definition) is 1. The van der Waals surface area contributed by atoms with Crippen molar-refractivity contribution in [1.29, 1.82) is 0 Å². The van der Waals surface area contributed by atoms with E-state index in [4.69, 9.17) is 28.3 Å². The molecule has 0 aromatic rings. The van der Waals surface area contributed by atoms with Crippen molar-refractivity contribution in [3.8, 4) is 0 Å². The van der Waals surface area contributed by atoms with E-state index >= 15 is 0 Å². The van der Waals surface area contributed by atoms with Crippen molar-refractivity contribution in [2.24, 2.45) is 0 Å². The van der Waals surface area contributed by atoms with Crippen molar-refractivity contribution in [1.82, 2.24) is 4.90 Å². The van der Waals surface area contributed by atoms with Gasteiger partial charge in [-0.25, -0.2) is 4.90 Å². The van der Waals surface area contributed by atoms with Crippen LogP contribution >= 0.6 is 35.6 Å². The summed E-state index contributed by atoms with van der Waals surface area (Å²) in [6, 6.07) is 0. The summed E-state index contributed by atoms with van der Waals surface area (Å²) in [6.07, 6.45) is 0. The summed E-state index contributed by atoms with van der Waals surface area (Å²) >= 11 is 10.7. The van der Waals surface area contributed by atoms with Gasteiger partial charge in [0.05, 0.1) is 0 Å². The third-order valence-electron chi connectivity index (χ3n) is 1.14. The molecule has 0 aliphatic rings. The molecular formula is C5H12Cl3NO. The van der Waals surface area contributed by atoms with Crippen LogP contribution in [0.5, 0.6) is 0 Å². The Morgan fingerprint density at radius 1 is 1.30 bits per heavy atom. The molecule has 0 unspecified atom stereocenters. The van der Waals surface area contributed by atoms with E-state index in [1.165, 1.54) is 4.90 Å². The topological polar surface area (TPSA) is 23.5 Å². The summed E-state index contributed by atoms with van der Waals surface area (Å²) in [5.41, 5.74) is 0. The fraction of sp³-hybridized carbons (Fsp3) is 1.00. The van der Waals surface area contributed by atoms with Crippen LogP contribution in [0, 0.1) is 0 Å².